The first-order chi connectivity index (χ1) is 37.7. The van der Waals surface area contributed by atoms with E-state index in [1.165, 1.54) is 257 Å². The number of carbonyl (C=O) groups excluding carboxylic acids is 1. The molecule has 0 aliphatic carbocycles. The highest BCUT2D eigenvalue weighted by Crippen LogP contribution is 2.24. The minimum Gasteiger partial charge on any atom is -0.394 e. The molecule has 1 heterocycles. The minimum atomic E-state index is -1.66. The minimum absolute atomic E-state index is 0.265. The maximum absolute atomic E-state index is 13.2. The van der Waals surface area contributed by atoms with Crippen molar-refractivity contribution < 1.29 is 50.0 Å². The Kier molecular flexibility index (Phi) is 53.1. The predicted molar refractivity (Wildman–Crippen MR) is 321 cm³/mol. The molecule has 1 amide bonds. The lowest BCUT2D eigenvalue weighted by Crippen LogP contribution is -2.60. The van der Waals surface area contributed by atoms with Gasteiger partial charge in [-0.05, 0) is 38.5 Å². The molecule has 0 bridgehead atoms. The maximum Gasteiger partial charge on any atom is 0.249 e. The highest BCUT2D eigenvalue weighted by Gasteiger charge is 2.44. The Labute approximate surface area is 474 Å². The van der Waals surface area contributed by atoms with E-state index >= 15 is 0 Å². The van der Waals surface area contributed by atoms with E-state index in [0.29, 0.717) is 19.3 Å². The molecule has 0 saturated carbocycles. The van der Waals surface area contributed by atoms with Crippen LogP contribution in [0.4, 0.5) is 0 Å². The van der Waals surface area contributed by atoms with Gasteiger partial charge in [0, 0.05) is 0 Å². The molecule has 9 atom stereocenters. The molecule has 0 aromatic rings. The number of amides is 1. The Morgan fingerprint density at radius 3 is 1.09 bits per heavy atom. The Morgan fingerprint density at radius 1 is 0.442 bits per heavy atom. The standard InChI is InChI=1S/C66H129NO10/c1-3-5-7-9-11-13-15-17-19-21-22-23-24-25-26-27-28-29-30-31-32-33-34-35-36-37-38-40-42-44-46-48-50-52-54-59(70)65(75)67-57(56-76-66-64(74)63(73)62(72)60(55-68)77-66)61(71)58(69)53-51-49-47-45-43-41-39-20-18-16-14-12-10-8-6-4-2/h27-28,57-64,66,68-74H,3-26,29-56H2,1-2H3,(H,67,75)/b28-27-. The number of hydrogen-bond acceptors (Lipinski definition) is 10. The van der Waals surface area contributed by atoms with E-state index in [4.69, 9.17) is 9.47 Å². The van der Waals surface area contributed by atoms with Crippen molar-refractivity contribution in [3.63, 3.8) is 0 Å². The zero-order chi connectivity index (χ0) is 56.1. The highest BCUT2D eigenvalue weighted by molar-refractivity contribution is 5.80. The Morgan fingerprint density at radius 2 is 0.753 bits per heavy atom. The molecule has 1 saturated heterocycles. The summed E-state index contributed by atoms with van der Waals surface area (Å²) in [5.74, 6) is -0.690. The topological polar surface area (TPSA) is 189 Å². The van der Waals surface area contributed by atoms with Crippen molar-refractivity contribution in [2.45, 2.75) is 390 Å². The van der Waals surface area contributed by atoms with E-state index < -0.39 is 74.2 Å². The molecule has 0 radical (unpaired) electrons. The van der Waals surface area contributed by atoms with Crippen molar-refractivity contribution in [2.24, 2.45) is 0 Å². The summed E-state index contributed by atoms with van der Waals surface area (Å²) in [6.07, 6.45) is 55.8. The first kappa shape index (κ1) is 73.9. The average Bonchev–Trinajstić information content (AvgIpc) is 3.43. The number of nitrogens with one attached hydrogen (secondary N) is 1. The number of unbranched alkanes of at least 4 members (excludes halogenated alkanes) is 45. The second-order valence-corrected chi connectivity index (χ2v) is 23.9. The smallest absolute Gasteiger partial charge is 0.249 e. The van der Waals surface area contributed by atoms with Crippen LogP contribution in [0.3, 0.4) is 0 Å². The fourth-order valence-corrected chi connectivity index (χ4v) is 11.1. The fraction of sp³-hybridized carbons (Fsp3) is 0.955. The zero-order valence-electron chi connectivity index (χ0n) is 50.5. The van der Waals surface area contributed by atoms with Gasteiger partial charge in [-0.25, -0.2) is 0 Å². The van der Waals surface area contributed by atoms with Crippen molar-refractivity contribution in [3.05, 3.63) is 12.2 Å². The molecule has 1 aliphatic rings. The van der Waals surface area contributed by atoms with Crippen LogP contribution in [-0.2, 0) is 14.3 Å². The Bertz CT molecular complexity index is 1260. The summed E-state index contributed by atoms with van der Waals surface area (Å²) in [5, 5.41) is 76.3. The van der Waals surface area contributed by atoms with Crippen LogP contribution in [0.5, 0.6) is 0 Å². The van der Waals surface area contributed by atoms with Crippen LogP contribution in [0.25, 0.3) is 0 Å². The summed E-state index contributed by atoms with van der Waals surface area (Å²) in [5.41, 5.74) is 0. The summed E-state index contributed by atoms with van der Waals surface area (Å²) < 4.78 is 11.2. The van der Waals surface area contributed by atoms with Crippen molar-refractivity contribution >= 4 is 5.91 Å². The first-order valence-electron chi connectivity index (χ1n) is 33.6. The molecular formula is C66H129NO10. The van der Waals surface area contributed by atoms with Gasteiger partial charge in [0.05, 0.1) is 25.4 Å². The van der Waals surface area contributed by atoms with E-state index in [2.05, 4.69) is 31.3 Å². The average molecular weight is 1100 g/mol. The third kappa shape index (κ3) is 43.2. The van der Waals surface area contributed by atoms with Gasteiger partial charge >= 0.3 is 0 Å². The van der Waals surface area contributed by atoms with Gasteiger partial charge in [-0.2, -0.15) is 0 Å². The normalized spacial score (nSPS) is 19.5. The van der Waals surface area contributed by atoms with Gasteiger partial charge in [0.15, 0.2) is 6.29 Å². The lowest BCUT2D eigenvalue weighted by molar-refractivity contribution is -0.303. The molecule has 8 N–H and O–H groups in total. The molecule has 1 fully saturated rings. The van der Waals surface area contributed by atoms with Gasteiger partial charge in [-0.15, -0.1) is 0 Å². The molecule has 1 aliphatic heterocycles. The Hall–Kier alpha value is -1.15. The zero-order valence-corrected chi connectivity index (χ0v) is 50.5. The summed E-state index contributed by atoms with van der Waals surface area (Å²) in [4.78, 5) is 13.2. The highest BCUT2D eigenvalue weighted by atomic mass is 16.7. The van der Waals surface area contributed by atoms with Crippen molar-refractivity contribution in [3.8, 4) is 0 Å². The monoisotopic (exact) mass is 1100 g/mol. The van der Waals surface area contributed by atoms with Crippen molar-refractivity contribution in [2.75, 3.05) is 13.2 Å². The Balaban J connectivity index is 2.15. The largest absolute Gasteiger partial charge is 0.394 e. The molecule has 1 rings (SSSR count). The van der Waals surface area contributed by atoms with E-state index in [9.17, 15) is 40.5 Å². The summed E-state index contributed by atoms with van der Waals surface area (Å²) in [6.45, 7) is 3.50. The molecule has 11 nitrogen and oxygen atoms in total. The molecule has 0 spiro atoms. The van der Waals surface area contributed by atoms with Crippen molar-refractivity contribution in [1.82, 2.24) is 5.32 Å². The van der Waals surface area contributed by atoms with Gasteiger partial charge in [-0.3, -0.25) is 4.79 Å². The van der Waals surface area contributed by atoms with Crippen LogP contribution in [0.1, 0.15) is 335 Å². The van der Waals surface area contributed by atoms with Crippen LogP contribution < -0.4 is 5.32 Å². The molecule has 0 aromatic carbocycles. The third-order valence-electron chi connectivity index (χ3n) is 16.6. The number of allylic oxidation sites excluding steroid dienone is 2. The quantitative estimate of drug-likeness (QED) is 0.0215. The van der Waals surface area contributed by atoms with E-state index in [1.807, 2.05) is 0 Å². The molecular weight excluding hydrogens is 967 g/mol. The van der Waals surface area contributed by atoms with Gasteiger partial charge in [0.2, 0.25) is 5.91 Å². The van der Waals surface area contributed by atoms with E-state index in [-0.39, 0.29) is 6.42 Å². The molecule has 458 valence electrons. The molecule has 9 unspecified atom stereocenters. The predicted octanol–water partition coefficient (Wildman–Crippen LogP) is 15.5. The van der Waals surface area contributed by atoms with Crippen LogP contribution in [0.2, 0.25) is 0 Å². The van der Waals surface area contributed by atoms with Crippen LogP contribution in [0.15, 0.2) is 12.2 Å². The lowest BCUT2D eigenvalue weighted by Gasteiger charge is -2.40. The molecule has 0 aromatic heterocycles. The number of aliphatic hydroxyl groups excluding tert-OH is 7. The molecule has 77 heavy (non-hydrogen) atoms. The second kappa shape index (κ2) is 55.4. The van der Waals surface area contributed by atoms with Crippen molar-refractivity contribution in [1.29, 1.82) is 0 Å². The number of aliphatic hydroxyl groups is 7. The summed E-state index contributed by atoms with van der Waals surface area (Å²) >= 11 is 0. The number of rotatable bonds is 59. The maximum atomic E-state index is 13.2. The summed E-state index contributed by atoms with van der Waals surface area (Å²) in [6, 6.07) is -1.17. The second-order valence-electron chi connectivity index (χ2n) is 23.9. The first-order valence-corrected chi connectivity index (χ1v) is 33.6. The number of ether oxygens (including phenoxy) is 2. The fourth-order valence-electron chi connectivity index (χ4n) is 11.1. The number of carbonyl (C=O) groups is 1. The van der Waals surface area contributed by atoms with E-state index in [1.54, 1.807) is 0 Å². The van der Waals surface area contributed by atoms with Crippen LogP contribution >= 0.6 is 0 Å². The molecule has 11 heteroatoms. The number of hydrogen-bond donors (Lipinski definition) is 8. The third-order valence-corrected chi connectivity index (χ3v) is 16.6. The summed E-state index contributed by atoms with van der Waals surface area (Å²) in [7, 11) is 0. The van der Waals surface area contributed by atoms with Crippen LogP contribution in [-0.4, -0.2) is 110 Å². The van der Waals surface area contributed by atoms with Crippen LogP contribution in [0, 0.1) is 0 Å². The van der Waals surface area contributed by atoms with Gasteiger partial charge in [0.1, 0.15) is 36.6 Å². The van der Waals surface area contributed by atoms with E-state index in [0.717, 1.165) is 38.5 Å². The van der Waals surface area contributed by atoms with Gasteiger partial charge in [0.25, 0.3) is 0 Å². The van der Waals surface area contributed by atoms with Gasteiger partial charge in [-0.1, -0.05) is 309 Å². The lowest BCUT2D eigenvalue weighted by atomic mass is 9.98. The SMILES string of the molecule is CCCCCCCCCCCCCCCC/C=C\CCCCCCCCCCCCCCCCCCC(O)C(=O)NC(COC1OC(CO)C(O)C(O)C1O)C(O)C(O)CCCCCCCCCCCCCCCCCC. The van der Waals surface area contributed by atoms with Gasteiger partial charge < -0.3 is 50.5 Å².